The van der Waals surface area contributed by atoms with Crippen molar-refractivity contribution in [3.05, 3.63) is 94.9 Å². The van der Waals surface area contributed by atoms with Crippen molar-refractivity contribution >= 4 is 39.4 Å². The van der Waals surface area contributed by atoms with Crippen LogP contribution in [0.25, 0.3) is 21.9 Å². The lowest BCUT2D eigenvalue weighted by molar-refractivity contribution is 0.0950. The number of H-pyrrole nitrogens is 1. The van der Waals surface area contributed by atoms with Crippen molar-refractivity contribution in [3.8, 4) is 0 Å². The van der Waals surface area contributed by atoms with E-state index in [1.807, 2.05) is 77.5 Å². The summed E-state index contributed by atoms with van der Waals surface area (Å²) in [6.45, 7) is 1.03. The summed E-state index contributed by atoms with van der Waals surface area (Å²) in [6.07, 6.45) is 0.615. The first-order valence-corrected chi connectivity index (χ1v) is 10.5. The van der Waals surface area contributed by atoms with E-state index in [0.29, 0.717) is 30.2 Å². The lowest BCUT2D eigenvalue weighted by Crippen LogP contribution is -2.26. The number of halogens is 1. The number of nitrogens with zero attached hydrogens (tertiary/aromatic N) is 3. The van der Waals surface area contributed by atoms with Crippen LogP contribution >= 0.6 is 11.6 Å². The molecule has 0 atom stereocenters. The number of hydrogen-bond donors (Lipinski definition) is 2. The van der Waals surface area contributed by atoms with Crippen LogP contribution in [0.4, 0.5) is 0 Å². The van der Waals surface area contributed by atoms with Gasteiger partial charge in [-0.3, -0.25) is 9.48 Å². The van der Waals surface area contributed by atoms with Crippen LogP contribution in [0.2, 0.25) is 5.02 Å². The SMILES string of the molecule is O=C(NCCc1nc2ccccc2[nH]1)c1nn(Cc2ccc(Cl)cc2)c2ccccc12. The van der Waals surface area contributed by atoms with E-state index in [9.17, 15) is 4.79 Å². The van der Waals surface area contributed by atoms with Gasteiger partial charge in [0, 0.05) is 23.4 Å². The molecule has 0 fully saturated rings. The molecule has 2 aromatic heterocycles. The molecule has 0 spiro atoms. The summed E-state index contributed by atoms with van der Waals surface area (Å²) >= 11 is 5.99. The highest BCUT2D eigenvalue weighted by atomic mass is 35.5. The molecular weight excluding hydrogens is 410 g/mol. The van der Waals surface area contributed by atoms with Crippen LogP contribution in [0.3, 0.4) is 0 Å². The molecule has 1 amide bonds. The fourth-order valence-electron chi connectivity index (χ4n) is 3.68. The Labute approximate surface area is 183 Å². The normalized spacial score (nSPS) is 11.3. The number of rotatable bonds is 6. The van der Waals surface area contributed by atoms with Gasteiger partial charge in [0.05, 0.1) is 23.1 Å². The van der Waals surface area contributed by atoms with E-state index in [2.05, 4.69) is 20.4 Å². The molecule has 5 aromatic rings. The van der Waals surface area contributed by atoms with E-state index in [4.69, 9.17) is 11.6 Å². The zero-order valence-electron chi connectivity index (χ0n) is 16.7. The standard InChI is InChI=1S/C24H20ClN5O/c25-17-11-9-16(10-12-17)15-30-21-8-4-1-5-18(21)23(29-30)24(31)26-14-13-22-27-19-6-2-3-7-20(19)28-22/h1-12H,13-15H2,(H,26,31)(H,27,28). The number of carbonyl (C=O) groups is 1. The number of para-hydroxylation sites is 3. The van der Waals surface area contributed by atoms with Crippen molar-refractivity contribution in [1.29, 1.82) is 0 Å². The highest BCUT2D eigenvalue weighted by Gasteiger charge is 2.17. The van der Waals surface area contributed by atoms with Crippen molar-refractivity contribution < 1.29 is 4.79 Å². The van der Waals surface area contributed by atoms with E-state index in [1.54, 1.807) is 0 Å². The number of aromatic amines is 1. The van der Waals surface area contributed by atoms with Crippen molar-refractivity contribution in [1.82, 2.24) is 25.1 Å². The molecule has 0 unspecified atom stereocenters. The Morgan fingerprint density at radius 1 is 1.00 bits per heavy atom. The number of aromatic nitrogens is 4. The van der Waals surface area contributed by atoms with Crippen molar-refractivity contribution in [2.75, 3.05) is 6.54 Å². The third-order valence-corrected chi connectivity index (χ3v) is 5.46. The zero-order chi connectivity index (χ0) is 21.2. The van der Waals surface area contributed by atoms with Gasteiger partial charge in [-0.2, -0.15) is 5.10 Å². The number of hydrogen-bond acceptors (Lipinski definition) is 3. The summed E-state index contributed by atoms with van der Waals surface area (Å²) in [5.41, 5.74) is 4.33. The van der Waals surface area contributed by atoms with Gasteiger partial charge in [0.15, 0.2) is 5.69 Å². The number of fused-ring (bicyclic) bond motifs is 2. The summed E-state index contributed by atoms with van der Waals surface area (Å²) in [5.74, 6) is 0.654. The summed E-state index contributed by atoms with van der Waals surface area (Å²) in [7, 11) is 0. The van der Waals surface area contributed by atoms with Gasteiger partial charge in [0.25, 0.3) is 5.91 Å². The third-order valence-electron chi connectivity index (χ3n) is 5.20. The molecule has 154 valence electrons. The molecule has 0 bridgehead atoms. The Bertz CT molecular complexity index is 1340. The maximum absolute atomic E-state index is 12.9. The van der Waals surface area contributed by atoms with Gasteiger partial charge in [-0.15, -0.1) is 0 Å². The van der Waals surface area contributed by atoms with E-state index >= 15 is 0 Å². The zero-order valence-corrected chi connectivity index (χ0v) is 17.4. The number of nitrogens with one attached hydrogen (secondary N) is 2. The van der Waals surface area contributed by atoms with Gasteiger partial charge in [-0.25, -0.2) is 4.98 Å². The second kappa shape index (κ2) is 8.24. The molecule has 2 heterocycles. The van der Waals surface area contributed by atoms with Crippen LogP contribution in [-0.2, 0) is 13.0 Å². The van der Waals surface area contributed by atoms with Crippen LogP contribution in [0, 0.1) is 0 Å². The highest BCUT2D eigenvalue weighted by molar-refractivity contribution is 6.30. The van der Waals surface area contributed by atoms with E-state index in [1.165, 1.54) is 0 Å². The topological polar surface area (TPSA) is 75.6 Å². The second-order valence-electron chi connectivity index (χ2n) is 7.36. The molecule has 31 heavy (non-hydrogen) atoms. The molecule has 0 saturated heterocycles. The largest absolute Gasteiger partial charge is 0.350 e. The second-order valence-corrected chi connectivity index (χ2v) is 7.79. The van der Waals surface area contributed by atoms with Crippen LogP contribution in [0.15, 0.2) is 72.8 Å². The number of benzene rings is 3. The predicted molar refractivity (Wildman–Crippen MR) is 122 cm³/mol. The lowest BCUT2D eigenvalue weighted by atomic mass is 10.2. The van der Waals surface area contributed by atoms with Gasteiger partial charge in [-0.1, -0.05) is 54.1 Å². The van der Waals surface area contributed by atoms with Crippen molar-refractivity contribution in [2.24, 2.45) is 0 Å². The van der Waals surface area contributed by atoms with Crippen molar-refractivity contribution in [3.63, 3.8) is 0 Å². The minimum absolute atomic E-state index is 0.192. The number of imidazole rings is 1. The number of carbonyl (C=O) groups excluding carboxylic acids is 1. The maximum Gasteiger partial charge on any atom is 0.272 e. The monoisotopic (exact) mass is 429 g/mol. The summed E-state index contributed by atoms with van der Waals surface area (Å²) in [4.78, 5) is 20.7. The van der Waals surface area contributed by atoms with E-state index < -0.39 is 0 Å². The molecule has 7 heteroatoms. The lowest BCUT2D eigenvalue weighted by Gasteiger charge is -2.04. The molecule has 5 rings (SSSR count). The Balaban J connectivity index is 1.32. The maximum atomic E-state index is 12.9. The first kappa shape index (κ1) is 19.3. The highest BCUT2D eigenvalue weighted by Crippen LogP contribution is 2.20. The van der Waals surface area contributed by atoms with Crippen LogP contribution in [0.1, 0.15) is 21.9 Å². The van der Waals surface area contributed by atoms with E-state index in [-0.39, 0.29) is 5.91 Å². The Morgan fingerprint density at radius 2 is 1.77 bits per heavy atom. The third kappa shape index (κ3) is 4.02. The average molecular weight is 430 g/mol. The molecule has 0 saturated carbocycles. The van der Waals surface area contributed by atoms with Crippen LogP contribution in [-0.4, -0.2) is 32.2 Å². The first-order chi connectivity index (χ1) is 15.2. The van der Waals surface area contributed by atoms with Crippen molar-refractivity contribution in [2.45, 2.75) is 13.0 Å². The summed E-state index contributed by atoms with van der Waals surface area (Å²) < 4.78 is 1.85. The summed E-state index contributed by atoms with van der Waals surface area (Å²) in [6, 6.07) is 23.3. The van der Waals surface area contributed by atoms with Gasteiger partial charge in [0.1, 0.15) is 5.82 Å². The van der Waals surface area contributed by atoms with Gasteiger partial charge in [0.2, 0.25) is 0 Å². The Kier molecular flexibility index (Phi) is 5.14. The average Bonchev–Trinajstić information content (AvgIpc) is 3.37. The Morgan fingerprint density at radius 3 is 2.61 bits per heavy atom. The smallest absolute Gasteiger partial charge is 0.272 e. The molecule has 6 nitrogen and oxygen atoms in total. The molecule has 0 aliphatic rings. The first-order valence-electron chi connectivity index (χ1n) is 10.1. The fraction of sp³-hybridized carbons (Fsp3) is 0.125. The molecule has 2 N–H and O–H groups in total. The Hall–Kier alpha value is -3.64. The molecule has 0 radical (unpaired) electrons. The minimum atomic E-state index is -0.192. The van der Waals surface area contributed by atoms with Crippen LogP contribution < -0.4 is 5.32 Å². The summed E-state index contributed by atoms with van der Waals surface area (Å²) in [5, 5.41) is 9.12. The van der Waals surface area contributed by atoms with Crippen LogP contribution in [0.5, 0.6) is 0 Å². The fourth-order valence-corrected chi connectivity index (χ4v) is 3.81. The van der Waals surface area contributed by atoms with Gasteiger partial charge < -0.3 is 10.3 Å². The van der Waals surface area contributed by atoms with E-state index in [0.717, 1.165) is 33.3 Å². The molecule has 0 aliphatic carbocycles. The minimum Gasteiger partial charge on any atom is -0.350 e. The predicted octanol–water partition coefficient (Wildman–Crippen LogP) is 4.59. The quantitative estimate of drug-likeness (QED) is 0.414. The van der Waals surface area contributed by atoms with Gasteiger partial charge >= 0.3 is 0 Å². The molecule has 3 aromatic carbocycles. The number of amides is 1. The molecular formula is C24H20ClN5O. The van der Waals surface area contributed by atoms with Gasteiger partial charge in [-0.05, 0) is 35.9 Å². The molecule has 0 aliphatic heterocycles.